The van der Waals surface area contributed by atoms with Crippen LogP contribution in [0.5, 0.6) is 0 Å². The highest BCUT2D eigenvalue weighted by Crippen LogP contribution is 2.18. The topological polar surface area (TPSA) is 83.9 Å². The van der Waals surface area contributed by atoms with Gasteiger partial charge in [-0.3, -0.25) is 14.5 Å². The number of hydrogen-bond acceptors (Lipinski definition) is 4. The molecule has 0 aliphatic carbocycles. The van der Waals surface area contributed by atoms with Gasteiger partial charge in [0.05, 0.1) is 6.42 Å². The van der Waals surface area contributed by atoms with Crippen molar-refractivity contribution in [3.63, 3.8) is 0 Å². The molecule has 1 fully saturated rings. The van der Waals surface area contributed by atoms with Gasteiger partial charge in [0.1, 0.15) is 6.04 Å². The number of amides is 1. The number of carbonyl (C=O) groups is 3. The van der Waals surface area contributed by atoms with Crippen molar-refractivity contribution in [3.8, 4) is 0 Å². The number of hydrogen-bond donors (Lipinski definition) is 1. The number of carbonyl (C=O) groups excluding carboxylic acids is 2. The molecule has 0 saturated carbocycles. The number of likely N-dealkylation sites (tertiary alicyclic amines) is 1. The second-order valence-corrected chi connectivity index (χ2v) is 2.31. The maximum atomic E-state index is 10.7. The van der Waals surface area contributed by atoms with E-state index < -0.39 is 12.0 Å². The third kappa shape index (κ3) is 1.36. The fourth-order valence-corrected chi connectivity index (χ4v) is 0.948. The minimum absolute atomic E-state index is 0.0163. The van der Waals surface area contributed by atoms with Crippen LogP contribution in [0.15, 0.2) is 0 Å². The Morgan fingerprint density at radius 1 is 1.83 bits per heavy atom. The standard InChI is InChI=1S/C6H7NO5/c8-3-12-2-7-4(6(10)11)1-5(7)9/h3-4H,1-2H2,(H,10,11). The van der Waals surface area contributed by atoms with E-state index in [0.29, 0.717) is 0 Å². The average molecular weight is 173 g/mol. The largest absolute Gasteiger partial charge is 0.480 e. The Balaban J connectivity index is 2.44. The van der Waals surface area contributed by atoms with E-state index in [4.69, 9.17) is 5.11 Å². The van der Waals surface area contributed by atoms with Crippen LogP contribution in [0.3, 0.4) is 0 Å². The monoisotopic (exact) mass is 173 g/mol. The number of β-lactam (4-membered cyclic amide) rings is 1. The van der Waals surface area contributed by atoms with E-state index in [1.54, 1.807) is 0 Å². The summed E-state index contributed by atoms with van der Waals surface area (Å²) in [5.41, 5.74) is 0. The molecule has 0 aromatic rings. The van der Waals surface area contributed by atoms with Crippen molar-refractivity contribution in [2.45, 2.75) is 12.5 Å². The lowest BCUT2D eigenvalue weighted by atomic mass is 10.0. The average Bonchev–Trinajstić information content (AvgIpc) is 2.00. The van der Waals surface area contributed by atoms with Gasteiger partial charge in [-0.15, -0.1) is 0 Å². The van der Waals surface area contributed by atoms with Crippen LogP contribution in [-0.4, -0.2) is 41.1 Å². The first-order valence-electron chi connectivity index (χ1n) is 3.24. The summed E-state index contributed by atoms with van der Waals surface area (Å²) < 4.78 is 4.25. The van der Waals surface area contributed by atoms with Gasteiger partial charge in [0, 0.05) is 0 Å². The Bertz CT molecular complexity index is 226. The van der Waals surface area contributed by atoms with Gasteiger partial charge in [-0.2, -0.15) is 0 Å². The number of carboxylic acids is 1. The molecule has 66 valence electrons. The van der Waals surface area contributed by atoms with Crippen molar-refractivity contribution < 1.29 is 24.2 Å². The Labute approximate surface area is 67.7 Å². The Hall–Kier alpha value is -1.59. The zero-order chi connectivity index (χ0) is 9.14. The van der Waals surface area contributed by atoms with Gasteiger partial charge in [-0.25, -0.2) is 4.79 Å². The SMILES string of the molecule is O=COCN1C(=O)CC1C(=O)O. The quantitative estimate of drug-likeness (QED) is 0.426. The lowest BCUT2D eigenvalue weighted by molar-refractivity contribution is -0.170. The third-order valence-corrected chi connectivity index (χ3v) is 1.63. The van der Waals surface area contributed by atoms with E-state index in [-0.39, 0.29) is 25.5 Å². The first kappa shape index (κ1) is 8.51. The molecule has 0 bridgehead atoms. The highest BCUT2D eigenvalue weighted by molar-refractivity contribution is 5.94. The van der Waals surface area contributed by atoms with Crippen molar-refractivity contribution in [1.82, 2.24) is 4.90 Å². The molecule has 1 N–H and O–H groups in total. The molecule has 6 nitrogen and oxygen atoms in total. The smallest absolute Gasteiger partial charge is 0.327 e. The summed E-state index contributed by atoms with van der Waals surface area (Å²) in [7, 11) is 0. The van der Waals surface area contributed by atoms with Crippen molar-refractivity contribution in [2.75, 3.05) is 6.73 Å². The predicted octanol–water partition coefficient (Wildman–Crippen LogP) is -1.20. The lowest BCUT2D eigenvalue weighted by Crippen LogP contribution is -2.57. The van der Waals surface area contributed by atoms with Crippen LogP contribution < -0.4 is 0 Å². The Morgan fingerprint density at radius 3 is 2.92 bits per heavy atom. The van der Waals surface area contributed by atoms with Gasteiger partial charge in [0.2, 0.25) is 5.91 Å². The highest BCUT2D eigenvalue weighted by atomic mass is 16.5. The van der Waals surface area contributed by atoms with Crippen molar-refractivity contribution in [2.24, 2.45) is 0 Å². The summed E-state index contributed by atoms with van der Waals surface area (Å²) in [5.74, 6) is -1.40. The van der Waals surface area contributed by atoms with Crippen LogP contribution in [0.4, 0.5) is 0 Å². The molecule has 0 aromatic heterocycles. The van der Waals surface area contributed by atoms with Crippen molar-refractivity contribution in [3.05, 3.63) is 0 Å². The maximum absolute atomic E-state index is 10.7. The third-order valence-electron chi connectivity index (χ3n) is 1.63. The molecule has 1 rings (SSSR count). The normalized spacial score (nSPS) is 21.5. The molecular weight excluding hydrogens is 166 g/mol. The molecule has 1 aliphatic heterocycles. The van der Waals surface area contributed by atoms with E-state index in [1.165, 1.54) is 0 Å². The summed E-state index contributed by atoms with van der Waals surface area (Å²) in [6.45, 7) is -0.107. The summed E-state index contributed by atoms with van der Waals surface area (Å²) in [4.78, 5) is 31.8. The Kier molecular flexibility index (Phi) is 2.27. The van der Waals surface area contributed by atoms with Crippen LogP contribution in [0, 0.1) is 0 Å². The van der Waals surface area contributed by atoms with Crippen LogP contribution in [-0.2, 0) is 19.1 Å². The zero-order valence-electron chi connectivity index (χ0n) is 6.10. The van der Waals surface area contributed by atoms with E-state index in [9.17, 15) is 14.4 Å². The van der Waals surface area contributed by atoms with E-state index in [0.717, 1.165) is 4.90 Å². The molecule has 1 amide bonds. The van der Waals surface area contributed by atoms with E-state index in [2.05, 4.69) is 4.74 Å². The molecule has 1 saturated heterocycles. The van der Waals surface area contributed by atoms with Gasteiger partial charge in [-0.05, 0) is 0 Å². The van der Waals surface area contributed by atoms with E-state index in [1.807, 2.05) is 0 Å². The molecule has 1 aliphatic rings. The summed E-state index contributed by atoms with van der Waals surface area (Å²) >= 11 is 0. The highest BCUT2D eigenvalue weighted by Gasteiger charge is 2.41. The van der Waals surface area contributed by atoms with Crippen molar-refractivity contribution in [1.29, 1.82) is 0 Å². The van der Waals surface area contributed by atoms with Gasteiger partial charge < -0.3 is 9.84 Å². The fraction of sp³-hybridized carbons (Fsp3) is 0.500. The van der Waals surface area contributed by atoms with Gasteiger partial charge >= 0.3 is 5.97 Å². The van der Waals surface area contributed by atoms with Gasteiger partial charge in [0.25, 0.3) is 6.47 Å². The second-order valence-electron chi connectivity index (χ2n) is 2.31. The van der Waals surface area contributed by atoms with E-state index >= 15 is 0 Å². The number of rotatable bonds is 4. The Morgan fingerprint density at radius 2 is 2.50 bits per heavy atom. The second kappa shape index (κ2) is 3.21. The maximum Gasteiger partial charge on any atom is 0.327 e. The zero-order valence-corrected chi connectivity index (χ0v) is 6.10. The molecular formula is C6H7NO5. The molecule has 1 atom stereocenters. The number of carboxylic acid groups (broad SMARTS) is 1. The predicted molar refractivity (Wildman–Crippen MR) is 34.9 cm³/mol. The minimum atomic E-state index is -1.08. The van der Waals surface area contributed by atoms with Gasteiger partial charge in [-0.1, -0.05) is 0 Å². The molecule has 0 spiro atoms. The molecule has 1 heterocycles. The van der Waals surface area contributed by atoms with Gasteiger partial charge in [0.15, 0.2) is 6.73 Å². The fourth-order valence-electron chi connectivity index (χ4n) is 0.948. The van der Waals surface area contributed by atoms with Crippen LogP contribution in [0.25, 0.3) is 0 Å². The number of ether oxygens (including phenoxy) is 1. The molecule has 6 heteroatoms. The lowest BCUT2D eigenvalue weighted by Gasteiger charge is -2.35. The molecule has 0 aromatic carbocycles. The van der Waals surface area contributed by atoms with Crippen LogP contribution >= 0.6 is 0 Å². The molecule has 1 unspecified atom stereocenters. The summed E-state index contributed by atoms with van der Waals surface area (Å²) in [5, 5.41) is 8.48. The first-order chi connectivity index (χ1) is 5.66. The van der Waals surface area contributed by atoms with Crippen molar-refractivity contribution >= 4 is 18.3 Å². The summed E-state index contributed by atoms with van der Waals surface area (Å²) in [6, 6.07) is -0.836. The summed E-state index contributed by atoms with van der Waals surface area (Å²) in [6.07, 6.45) is -0.0163. The number of aliphatic carboxylic acids is 1. The van der Waals surface area contributed by atoms with Crippen LogP contribution in [0.1, 0.15) is 6.42 Å². The minimum Gasteiger partial charge on any atom is -0.480 e. The molecule has 12 heavy (non-hydrogen) atoms. The van der Waals surface area contributed by atoms with Crippen LogP contribution in [0.2, 0.25) is 0 Å². The molecule has 0 radical (unpaired) electrons. The number of nitrogens with zero attached hydrogens (tertiary/aromatic N) is 1. The first-order valence-corrected chi connectivity index (χ1v) is 3.24.